The lowest BCUT2D eigenvalue weighted by Crippen LogP contribution is -2.24. The Morgan fingerprint density at radius 2 is 2.42 bits per heavy atom. The Labute approximate surface area is 111 Å². The maximum atomic E-state index is 10.9. The molecule has 1 unspecified atom stereocenters. The summed E-state index contributed by atoms with van der Waals surface area (Å²) in [4.78, 5) is 12.6. The van der Waals surface area contributed by atoms with Gasteiger partial charge < -0.3 is 10.2 Å². The van der Waals surface area contributed by atoms with Crippen LogP contribution in [0.15, 0.2) is 18.2 Å². The number of nitrogens with one attached hydrogen (secondary N) is 1. The van der Waals surface area contributed by atoms with Crippen molar-refractivity contribution in [3.8, 4) is 6.07 Å². The maximum Gasteiger partial charge on any atom is 0.289 e. The van der Waals surface area contributed by atoms with Crippen LogP contribution >= 0.6 is 0 Å². The maximum absolute atomic E-state index is 10.9. The first-order valence-corrected chi connectivity index (χ1v) is 6.23. The highest BCUT2D eigenvalue weighted by atomic mass is 16.6. The first-order chi connectivity index (χ1) is 9.15. The second-order valence-corrected chi connectivity index (χ2v) is 4.73. The van der Waals surface area contributed by atoms with Crippen molar-refractivity contribution >= 4 is 11.4 Å². The van der Waals surface area contributed by atoms with Gasteiger partial charge in [0.05, 0.1) is 4.92 Å². The van der Waals surface area contributed by atoms with Crippen molar-refractivity contribution in [3.05, 3.63) is 33.9 Å². The number of hydrogen-bond donors (Lipinski definition) is 1. The molecule has 1 aliphatic rings. The highest BCUT2D eigenvalue weighted by Crippen LogP contribution is 2.28. The molecule has 1 atom stereocenters. The fourth-order valence-corrected chi connectivity index (χ4v) is 2.48. The third-order valence-corrected chi connectivity index (χ3v) is 3.44. The Morgan fingerprint density at radius 3 is 3.05 bits per heavy atom. The van der Waals surface area contributed by atoms with Crippen molar-refractivity contribution in [2.24, 2.45) is 5.92 Å². The van der Waals surface area contributed by atoms with Crippen LogP contribution in [0.2, 0.25) is 0 Å². The summed E-state index contributed by atoms with van der Waals surface area (Å²) >= 11 is 0. The number of nitro benzene ring substituents is 1. The van der Waals surface area contributed by atoms with E-state index < -0.39 is 4.92 Å². The molecule has 19 heavy (non-hydrogen) atoms. The lowest BCUT2D eigenvalue weighted by molar-refractivity contribution is -0.385. The van der Waals surface area contributed by atoms with Crippen LogP contribution in [-0.4, -0.2) is 31.6 Å². The standard InChI is InChI=1S/C13H16N4O2/c1-15-8-10-4-5-16(9-10)12-3-2-11(7-14)13(6-12)17(18)19/h2-3,6,10,15H,4-5,8-9H2,1H3. The summed E-state index contributed by atoms with van der Waals surface area (Å²) in [5.41, 5.74) is 0.820. The van der Waals surface area contributed by atoms with Crippen molar-refractivity contribution < 1.29 is 4.92 Å². The van der Waals surface area contributed by atoms with E-state index in [1.807, 2.05) is 13.1 Å². The predicted molar refractivity (Wildman–Crippen MR) is 72.1 cm³/mol. The van der Waals surface area contributed by atoms with Crippen LogP contribution in [0.1, 0.15) is 12.0 Å². The average Bonchev–Trinajstić information content (AvgIpc) is 2.87. The van der Waals surface area contributed by atoms with Gasteiger partial charge in [0.15, 0.2) is 0 Å². The number of nitro groups is 1. The molecule has 1 aromatic carbocycles. The van der Waals surface area contributed by atoms with E-state index in [9.17, 15) is 10.1 Å². The topological polar surface area (TPSA) is 82.2 Å². The molecule has 100 valence electrons. The molecule has 0 aromatic heterocycles. The molecule has 0 bridgehead atoms. The van der Waals surface area contributed by atoms with E-state index in [1.54, 1.807) is 6.07 Å². The number of anilines is 1. The largest absolute Gasteiger partial charge is 0.371 e. The van der Waals surface area contributed by atoms with Crippen molar-refractivity contribution in [1.29, 1.82) is 5.26 Å². The number of benzene rings is 1. The number of nitrogens with zero attached hydrogens (tertiary/aromatic N) is 3. The average molecular weight is 260 g/mol. The quantitative estimate of drug-likeness (QED) is 0.655. The van der Waals surface area contributed by atoms with Gasteiger partial charge in [-0.15, -0.1) is 0 Å². The van der Waals surface area contributed by atoms with Crippen LogP contribution < -0.4 is 10.2 Å². The molecule has 6 heteroatoms. The van der Waals surface area contributed by atoms with Crippen LogP contribution in [0.5, 0.6) is 0 Å². The van der Waals surface area contributed by atoms with Gasteiger partial charge in [0.25, 0.3) is 5.69 Å². The molecule has 0 radical (unpaired) electrons. The summed E-state index contributed by atoms with van der Waals surface area (Å²) < 4.78 is 0. The number of nitriles is 1. The van der Waals surface area contributed by atoms with E-state index in [1.165, 1.54) is 12.1 Å². The number of hydrogen-bond acceptors (Lipinski definition) is 5. The third-order valence-electron chi connectivity index (χ3n) is 3.44. The zero-order valence-corrected chi connectivity index (χ0v) is 10.8. The van der Waals surface area contributed by atoms with Gasteiger partial charge in [-0.1, -0.05) is 0 Å². The smallest absolute Gasteiger partial charge is 0.289 e. The van der Waals surface area contributed by atoms with Crippen molar-refractivity contribution in [1.82, 2.24) is 5.32 Å². The first-order valence-electron chi connectivity index (χ1n) is 6.23. The second-order valence-electron chi connectivity index (χ2n) is 4.73. The van der Waals surface area contributed by atoms with E-state index >= 15 is 0 Å². The fraction of sp³-hybridized carbons (Fsp3) is 0.462. The first kappa shape index (κ1) is 13.3. The van der Waals surface area contributed by atoms with Crippen LogP contribution in [0.3, 0.4) is 0 Å². The predicted octanol–water partition coefficient (Wildman–Crippen LogP) is 1.51. The molecule has 0 aliphatic carbocycles. The van der Waals surface area contributed by atoms with E-state index in [4.69, 9.17) is 5.26 Å². The van der Waals surface area contributed by atoms with E-state index in [-0.39, 0.29) is 11.3 Å². The molecular weight excluding hydrogens is 244 g/mol. The summed E-state index contributed by atoms with van der Waals surface area (Å²) in [5.74, 6) is 0.569. The minimum atomic E-state index is -0.497. The molecule has 1 aromatic rings. The lowest BCUT2D eigenvalue weighted by atomic mass is 10.1. The zero-order valence-electron chi connectivity index (χ0n) is 10.8. The summed E-state index contributed by atoms with van der Waals surface area (Å²) in [6.07, 6.45) is 1.08. The van der Waals surface area contributed by atoms with Gasteiger partial charge >= 0.3 is 0 Å². The third kappa shape index (κ3) is 2.83. The van der Waals surface area contributed by atoms with Crippen LogP contribution in [-0.2, 0) is 0 Å². The van der Waals surface area contributed by atoms with Gasteiger partial charge in [-0.3, -0.25) is 10.1 Å². The second kappa shape index (κ2) is 5.67. The highest BCUT2D eigenvalue weighted by molar-refractivity contribution is 5.60. The summed E-state index contributed by atoms with van der Waals surface area (Å²) in [7, 11) is 1.93. The van der Waals surface area contributed by atoms with Crippen LogP contribution in [0.4, 0.5) is 11.4 Å². The van der Waals surface area contributed by atoms with Gasteiger partial charge in [0.1, 0.15) is 11.6 Å². The fourth-order valence-electron chi connectivity index (χ4n) is 2.48. The van der Waals surface area contributed by atoms with Crippen LogP contribution in [0, 0.1) is 27.4 Å². The van der Waals surface area contributed by atoms with Gasteiger partial charge in [0, 0.05) is 24.8 Å². The zero-order chi connectivity index (χ0) is 13.8. The summed E-state index contributed by atoms with van der Waals surface area (Å²) in [5, 5.41) is 23.0. The number of rotatable bonds is 4. The summed E-state index contributed by atoms with van der Waals surface area (Å²) in [6, 6.07) is 6.67. The highest BCUT2D eigenvalue weighted by Gasteiger charge is 2.24. The van der Waals surface area contributed by atoms with Gasteiger partial charge in [0.2, 0.25) is 0 Å². The Bertz CT molecular complexity index is 524. The molecule has 6 nitrogen and oxygen atoms in total. The Balaban J connectivity index is 2.20. The van der Waals surface area contributed by atoms with Crippen molar-refractivity contribution in [3.63, 3.8) is 0 Å². The Kier molecular flexibility index (Phi) is 3.97. The molecule has 0 spiro atoms. The summed E-state index contributed by atoms with van der Waals surface area (Å²) in [6.45, 7) is 2.74. The molecule has 1 N–H and O–H groups in total. The molecule has 1 heterocycles. The molecule has 1 fully saturated rings. The molecule has 1 aliphatic heterocycles. The SMILES string of the molecule is CNCC1CCN(c2ccc(C#N)c([N+](=O)[O-])c2)C1. The van der Waals surface area contributed by atoms with Crippen LogP contribution in [0.25, 0.3) is 0 Å². The molecule has 0 amide bonds. The van der Waals surface area contributed by atoms with E-state index in [2.05, 4.69) is 10.2 Å². The monoisotopic (exact) mass is 260 g/mol. The van der Waals surface area contributed by atoms with Gasteiger partial charge in [-0.2, -0.15) is 5.26 Å². The molecule has 1 saturated heterocycles. The molecule has 2 rings (SSSR count). The van der Waals surface area contributed by atoms with Gasteiger partial charge in [-0.05, 0) is 38.1 Å². The van der Waals surface area contributed by atoms with E-state index in [0.29, 0.717) is 5.92 Å². The normalized spacial score (nSPS) is 18.3. The Morgan fingerprint density at radius 1 is 1.63 bits per heavy atom. The minimum absolute atomic E-state index is 0.111. The van der Waals surface area contributed by atoms with E-state index in [0.717, 1.165) is 31.7 Å². The van der Waals surface area contributed by atoms with Crippen molar-refractivity contribution in [2.75, 3.05) is 31.6 Å². The van der Waals surface area contributed by atoms with Crippen molar-refractivity contribution in [2.45, 2.75) is 6.42 Å². The Hall–Kier alpha value is -2.13. The molecule has 0 saturated carbocycles. The minimum Gasteiger partial charge on any atom is -0.371 e. The lowest BCUT2D eigenvalue weighted by Gasteiger charge is -2.18. The molecular formula is C13H16N4O2. The van der Waals surface area contributed by atoms with Gasteiger partial charge in [-0.25, -0.2) is 0 Å².